The van der Waals surface area contributed by atoms with Crippen LogP contribution in [0.15, 0.2) is 28.8 Å². The molecule has 0 aliphatic heterocycles. The smallest absolute Gasteiger partial charge is 0.341 e. The molecule has 0 bridgehead atoms. The molecule has 0 amide bonds. The number of halogens is 2. The molecule has 8 heteroatoms. The van der Waals surface area contributed by atoms with E-state index >= 15 is 0 Å². The van der Waals surface area contributed by atoms with Crippen LogP contribution in [-0.4, -0.2) is 20.6 Å². The summed E-state index contributed by atoms with van der Waals surface area (Å²) in [5.41, 5.74) is 0.0126. The minimum atomic E-state index is -1.44. The number of rotatable bonds is 2. The van der Waals surface area contributed by atoms with E-state index in [9.17, 15) is 18.4 Å². The molecule has 5 nitrogen and oxygen atoms in total. The van der Waals surface area contributed by atoms with Gasteiger partial charge in [-0.1, -0.05) is 0 Å². The number of carbonyl (C=O) groups is 1. The molecule has 0 atom stereocenters. The molecule has 3 rings (SSSR count). The van der Waals surface area contributed by atoms with Crippen molar-refractivity contribution in [1.82, 2.24) is 9.55 Å². The van der Waals surface area contributed by atoms with Gasteiger partial charge in [0.05, 0.1) is 22.6 Å². The molecule has 0 aliphatic carbocycles. The molecular formula is C14H8F2N2O3S. The third kappa shape index (κ3) is 2.00. The van der Waals surface area contributed by atoms with E-state index in [4.69, 9.17) is 5.11 Å². The first-order valence-corrected chi connectivity index (χ1v) is 6.96. The van der Waals surface area contributed by atoms with Crippen LogP contribution in [0.4, 0.5) is 8.78 Å². The molecule has 2 aromatic heterocycles. The largest absolute Gasteiger partial charge is 0.477 e. The fourth-order valence-electron chi connectivity index (χ4n) is 2.27. The number of carboxylic acids is 1. The number of aromatic carboxylic acids is 1. The lowest BCUT2D eigenvalue weighted by molar-refractivity contribution is 0.0695. The quantitative estimate of drug-likeness (QED) is 0.787. The van der Waals surface area contributed by atoms with Crippen molar-refractivity contribution in [2.45, 2.75) is 6.92 Å². The Morgan fingerprint density at radius 1 is 1.41 bits per heavy atom. The molecule has 0 fully saturated rings. The van der Waals surface area contributed by atoms with E-state index in [-0.39, 0.29) is 16.5 Å². The summed E-state index contributed by atoms with van der Waals surface area (Å²) in [4.78, 5) is 27.4. The van der Waals surface area contributed by atoms with E-state index < -0.39 is 28.6 Å². The molecule has 22 heavy (non-hydrogen) atoms. The van der Waals surface area contributed by atoms with Crippen LogP contribution >= 0.6 is 11.3 Å². The van der Waals surface area contributed by atoms with Gasteiger partial charge in [-0.15, -0.1) is 11.3 Å². The third-order valence-electron chi connectivity index (χ3n) is 3.31. The molecule has 3 aromatic rings. The topological polar surface area (TPSA) is 72.2 Å². The molecule has 0 saturated heterocycles. The number of benzene rings is 1. The Labute approximate surface area is 126 Å². The zero-order valence-corrected chi connectivity index (χ0v) is 11.9. The molecule has 1 N–H and O–H groups in total. The Balaban J connectivity index is 2.58. The average Bonchev–Trinajstić information content (AvgIpc) is 2.98. The van der Waals surface area contributed by atoms with Gasteiger partial charge < -0.3 is 9.67 Å². The van der Waals surface area contributed by atoms with Crippen molar-refractivity contribution in [1.29, 1.82) is 0 Å². The van der Waals surface area contributed by atoms with Crippen molar-refractivity contribution in [2.24, 2.45) is 0 Å². The van der Waals surface area contributed by atoms with Crippen LogP contribution in [0.1, 0.15) is 15.9 Å². The minimum absolute atomic E-state index is 0.0932. The zero-order valence-electron chi connectivity index (χ0n) is 11.1. The predicted molar refractivity (Wildman–Crippen MR) is 76.8 cm³/mol. The summed E-state index contributed by atoms with van der Waals surface area (Å²) in [6.07, 6.45) is 2.54. The number of fused-ring (bicyclic) bond motifs is 1. The number of aryl methyl sites for hydroxylation is 1. The highest BCUT2D eigenvalue weighted by Gasteiger charge is 2.21. The lowest BCUT2D eigenvalue weighted by Gasteiger charge is -2.12. The standard InChI is InChI=1S/C14H8F2N2O3S/c1-6-11-9(2-8(15)12(6)16)18(10-3-17-5-22-10)4-7(13(11)19)14(20)21/h2-5H,1H3,(H,20,21). The van der Waals surface area contributed by atoms with Crippen LogP contribution in [-0.2, 0) is 0 Å². The van der Waals surface area contributed by atoms with Gasteiger partial charge in [0.1, 0.15) is 10.6 Å². The molecule has 0 aliphatic rings. The molecule has 0 unspecified atom stereocenters. The van der Waals surface area contributed by atoms with Crippen LogP contribution < -0.4 is 5.43 Å². The fraction of sp³-hybridized carbons (Fsp3) is 0.0714. The lowest BCUT2D eigenvalue weighted by atomic mass is 10.1. The van der Waals surface area contributed by atoms with E-state index in [0.29, 0.717) is 5.00 Å². The van der Waals surface area contributed by atoms with Crippen LogP contribution in [0.25, 0.3) is 15.9 Å². The molecule has 0 saturated carbocycles. The van der Waals surface area contributed by atoms with E-state index in [1.165, 1.54) is 34.5 Å². The van der Waals surface area contributed by atoms with Crippen molar-refractivity contribution in [3.05, 3.63) is 57.0 Å². The fourth-order valence-corrected chi connectivity index (χ4v) is 2.88. The number of hydrogen-bond donors (Lipinski definition) is 1. The van der Waals surface area contributed by atoms with Gasteiger partial charge in [-0.05, 0) is 6.92 Å². The SMILES string of the molecule is Cc1c(F)c(F)cc2c1c(=O)c(C(=O)O)cn2-c1cncs1. The van der Waals surface area contributed by atoms with Gasteiger partial charge in [-0.2, -0.15) is 0 Å². The summed E-state index contributed by atoms with van der Waals surface area (Å²) in [5, 5.41) is 9.49. The second-order valence-electron chi connectivity index (χ2n) is 4.58. The summed E-state index contributed by atoms with van der Waals surface area (Å²) >= 11 is 1.17. The third-order valence-corrected chi connectivity index (χ3v) is 4.08. The molecule has 2 heterocycles. The lowest BCUT2D eigenvalue weighted by Crippen LogP contribution is -2.19. The number of hydrogen-bond acceptors (Lipinski definition) is 4. The first-order chi connectivity index (χ1) is 10.4. The summed E-state index contributed by atoms with van der Waals surface area (Å²) in [6.45, 7) is 1.24. The summed E-state index contributed by atoms with van der Waals surface area (Å²) in [7, 11) is 0. The maximum atomic E-state index is 13.8. The van der Waals surface area contributed by atoms with Gasteiger partial charge >= 0.3 is 5.97 Å². The van der Waals surface area contributed by atoms with Crippen molar-refractivity contribution in [2.75, 3.05) is 0 Å². The van der Waals surface area contributed by atoms with Crippen molar-refractivity contribution in [3.63, 3.8) is 0 Å². The number of aromatic nitrogens is 2. The second kappa shape index (κ2) is 4.99. The van der Waals surface area contributed by atoms with Crippen molar-refractivity contribution in [3.8, 4) is 5.00 Å². The Morgan fingerprint density at radius 3 is 2.73 bits per heavy atom. The number of pyridine rings is 1. The molecule has 1 aromatic carbocycles. The van der Waals surface area contributed by atoms with Crippen molar-refractivity contribution >= 4 is 28.2 Å². The first kappa shape index (κ1) is 14.3. The number of thiazole rings is 1. The Morgan fingerprint density at radius 2 is 2.14 bits per heavy atom. The van der Waals surface area contributed by atoms with Gasteiger partial charge in [0.25, 0.3) is 0 Å². The Kier molecular flexibility index (Phi) is 3.25. The van der Waals surface area contributed by atoms with E-state index in [2.05, 4.69) is 4.98 Å². The maximum absolute atomic E-state index is 13.8. The van der Waals surface area contributed by atoms with Gasteiger partial charge in [0.2, 0.25) is 5.43 Å². The minimum Gasteiger partial charge on any atom is -0.477 e. The van der Waals surface area contributed by atoms with E-state index in [1.54, 1.807) is 0 Å². The Bertz CT molecular complexity index is 965. The van der Waals surface area contributed by atoms with Gasteiger partial charge in [-0.3, -0.25) is 9.78 Å². The van der Waals surface area contributed by atoms with Gasteiger partial charge in [-0.25, -0.2) is 13.6 Å². The predicted octanol–water partition coefficient (Wildman–Crippen LogP) is 2.73. The number of nitrogens with zero attached hydrogens (tertiary/aromatic N) is 2. The van der Waals surface area contributed by atoms with Crippen LogP contribution in [0.2, 0.25) is 0 Å². The van der Waals surface area contributed by atoms with Gasteiger partial charge in [0.15, 0.2) is 11.6 Å². The summed E-state index contributed by atoms with van der Waals surface area (Å²) < 4.78 is 28.8. The Hall–Kier alpha value is -2.61. The molecule has 0 radical (unpaired) electrons. The highest BCUT2D eigenvalue weighted by molar-refractivity contribution is 7.12. The highest BCUT2D eigenvalue weighted by Crippen LogP contribution is 2.25. The highest BCUT2D eigenvalue weighted by atomic mass is 32.1. The maximum Gasteiger partial charge on any atom is 0.341 e. The van der Waals surface area contributed by atoms with Crippen LogP contribution in [0.5, 0.6) is 0 Å². The normalized spacial score (nSPS) is 11.0. The number of carboxylic acid groups (broad SMARTS) is 1. The first-order valence-electron chi connectivity index (χ1n) is 6.08. The van der Waals surface area contributed by atoms with Crippen LogP contribution in [0.3, 0.4) is 0 Å². The average molecular weight is 322 g/mol. The zero-order chi connectivity index (χ0) is 16.0. The second-order valence-corrected chi connectivity index (χ2v) is 5.44. The van der Waals surface area contributed by atoms with E-state index in [1.807, 2.05) is 0 Å². The van der Waals surface area contributed by atoms with Gasteiger partial charge in [0, 0.05) is 17.8 Å². The van der Waals surface area contributed by atoms with Crippen molar-refractivity contribution < 1.29 is 18.7 Å². The molecular weight excluding hydrogens is 314 g/mol. The monoisotopic (exact) mass is 322 g/mol. The summed E-state index contributed by atoms with van der Waals surface area (Å²) in [6, 6.07) is 0.879. The summed E-state index contributed by atoms with van der Waals surface area (Å²) in [5.74, 6) is -3.71. The molecule has 0 spiro atoms. The van der Waals surface area contributed by atoms with Crippen LogP contribution in [0, 0.1) is 18.6 Å². The van der Waals surface area contributed by atoms with E-state index in [0.717, 1.165) is 12.3 Å². The molecule has 112 valence electrons.